The van der Waals surface area contributed by atoms with Crippen LogP contribution in [0.3, 0.4) is 0 Å². The smallest absolute Gasteiger partial charge is 0.242 e. The molecule has 1 amide bonds. The summed E-state index contributed by atoms with van der Waals surface area (Å²) in [5, 5.41) is 2.25. The van der Waals surface area contributed by atoms with E-state index in [1.165, 1.54) is 18.4 Å². The molecular formula is C13H18ClNO. The van der Waals surface area contributed by atoms with Crippen LogP contribution < -0.4 is 5.32 Å². The molecule has 1 rings (SSSR count). The van der Waals surface area contributed by atoms with Gasteiger partial charge in [0.25, 0.3) is 0 Å². The predicted molar refractivity (Wildman–Crippen MR) is 69.0 cm³/mol. The summed E-state index contributed by atoms with van der Waals surface area (Å²) in [6.45, 7) is 3.84. The minimum Gasteiger partial charge on any atom is -0.325 e. The Morgan fingerprint density at radius 2 is 2.00 bits per heavy atom. The monoisotopic (exact) mass is 239 g/mol. The highest BCUT2D eigenvalue weighted by atomic mass is 35.5. The van der Waals surface area contributed by atoms with Crippen LogP contribution in [0, 0.1) is 0 Å². The third kappa shape index (κ3) is 4.23. The number of halogens is 1. The number of carbonyl (C=O) groups is 1. The molecule has 0 aliphatic heterocycles. The minimum absolute atomic E-state index is 0.164. The van der Waals surface area contributed by atoms with Crippen molar-refractivity contribution in [2.24, 2.45) is 0 Å². The molecule has 1 unspecified atom stereocenters. The Morgan fingerprint density at radius 3 is 2.50 bits per heavy atom. The van der Waals surface area contributed by atoms with Crippen molar-refractivity contribution in [2.75, 3.05) is 5.32 Å². The van der Waals surface area contributed by atoms with Gasteiger partial charge in [0.1, 0.15) is 5.38 Å². The number of hydrogen-bond acceptors (Lipinski definition) is 1. The van der Waals surface area contributed by atoms with Crippen molar-refractivity contribution in [3.8, 4) is 0 Å². The number of anilines is 1. The average molecular weight is 240 g/mol. The first kappa shape index (κ1) is 13.0. The molecule has 0 spiro atoms. The van der Waals surface area contributed by atoms with Crippen LogP contribution in [-0.2, 0) is 11.2 Å². The Bertz CT molecular complexity index is 332. The van der Waals surface area contributed by atoms with E-state index in [1.54, 1.807) is 6.92 Å². The lowest BCUT2D eigenvalue weighted by Gasteiger charge is -2.07. The van der Waals surface area contributed by atoms with Gasteiger partial charge in [-0.2, -0.15) is 0 Å². The topological polar surface area (TPSA) is 29.1 Å². The summed E-state index contributed by atoms with van der Waals surface area (Å²) in [5.41, 5.74) is 2.11. The van der Waals surface area contributed by atoms with E-state index >= 15 is 0 Å². The van der Waals surface area contributed by atoms with E-state index in [0.29, 0.717) is 0 Å². The first-order chi connectivity index (χ1) is 7.63. The number of hydrogen-bond donors (Lipinski definition) is 1. The highest BCUT2D eigenvalue weighted by Crippen LogP contribution is 2.12. The quantitative estimate of drug-likeness (QED) is 0.782. The number of benzene rings is 1. The first-order valence-electron chi connectivity index (χ1n) is 5.67. The first-order valence-corrected chi connectivity index (χ1v) is 6.11. The summed E-state index contributed by atoms with van der Waals surface area (Å²) < 4.78 is 0. The summed E-state index contributed by atoms with van der Waals surface area (Å²) in [4.78, 5) is 11.3. The van der Waals surface area contributed by atoms with Gasteiger partial charge >= 0.3 is 0 Å². The van der Waals surface area contributed by atoms with Crippen LogP contribution in [0.4, 0.5) is 5.69 Å². The molecule has 3 heteroatoms. The predicted octanol–water partition coefficient (Wildman–Crippen LogP) is 3.60. The van der Waals surface area contributed by atoms with Gasteiger partial charge in [-0.05, 0) is 37.5 Å². The molecular weight excluding hydrogens is 222 g/mol. The lowest BCUT2D eigenvalue weighted by molar-refractivity contribution is -0.115. The molecule has 0 radical (unpaired) electrons. The van der Waals surface area contributed by atoms with Crippen LogP contribution in [0.2, 0.25) is 0 Å². The molecule has 0 aliphatic carbocycles. The van der Waals surface area contributed by atoms with Gasteiger partial charge < -0.3 is 5.32 Å². The molecule has 0 saturated carbocycles. The van der Waals surface area contributed by atoms with Gasteiger partial charge in [0.2, 0.25) is 5.91 Å². The fourth-order valence-corrected chi connectivity index (χ4v) is 1.43. The van der Waals surface area contributed by atoms with Crippen LogP contribution >= 0.6 is 11.6 Å². The Balaban J connectivity index is 2.54. The fraction of sp³-hybridized carbons (Fsp3) is 0.462. The maximum absolute atomic E-state index is 11.3. The van der Waals surface area contributed by atoms with E-state index in [9.17, 15) is 4.79 Å². The van der Waals surface area contributed by atoms with Crippen molar-refractivity contribution in [3.63, 3.8) is 0 Å². The van der Waals surface area contributed by atoms with Crippen molar-refractivity contribution >= 4 is 23.2 Å². The van der Waals surface area contributed by atoms with Gasteiger partial charge in [0, 0.05) is 5.69 Å². The molecule has 0 aromatic heterocycles. The standard InChI is InChI=1S/C13H18ClNO/c1-3-4-5-11-6-8-12(9-7-11)15-13(16)10(2)14/h6-10H,3-5H2,1-2H3,(H,15,16). The molecule has 0 saturated heterocycles. The van der Waals surface area contributed by atoms with Crippen LogP contribution in [-0.4, -0.2) is 11.3 Å². The maximum atomic E-state index is 11.3. The lowest BCUT2D eigenvalue weighted by Crippen LogP contribution is -2.20. The van der Waals surface area contributed by atoms with E-state index in [2.05, 4.69) is 12.2 Å². The van der Waals surface area contributed by atoms with E-state index in [4.69, 9.17) is 11.6 Å². The van der Waals surface area contributed by atoms with Crippen molar-refractivity contribution in [3.05, 3.63) is 29.8 Å². The van der Waals surface area contributed by atoms with Crippen LogP contribution in [0.1, 0.15) is 32.3 Å². The highest BCUT2D eigenvalue weighted by molar-refractivity contribution is 6.32. The molecule has 0 fully saturated rings. The van der Waals surface area contributed by atoms with Gasteiger partial charge in [0.05, 0.1) is 0 Å². The molecule has 2 nitrogen and oxygen atoms in total. The Kier molecular flexibility index (Phi) is 5.33. The Labute approximate surface area is 102 Å². The van der Waals surface area contributed by atoms with E-state index < -0.39 is 5.38 Å². The van der Waals surface area contributed by atoms with Gasteiger partial charge in [0.15, 0.2) is 0 Å². The molecule has 88 valence electrons. The number of unbranched alkanes of at least 4 members (excludes halogenated alkanes) is 1. The van der Waals surface area contributed by atoms with E-state index in [-0.39, 0.29) is 5.91 Å². The van der Waals surface area contributed by atoms with Gasteiger partial charge in [-0.3, -0.25) is 4.79 Å². The zero-order chi connectivity index (χ0) is 12.0. The minimum atomic E-state index is -0.500. The summed E-state index contributed by atoms with van der Waals surface area (Å²) in [6.07, 6.45) is 3.49. The van der Waals surface area contributed by atoms with Crippen LogP contribution in [0.15, 0.2) is 24.3 Å². The Hall–Kier alpha value is -1.02. The number of carbonyl (C=O) groups excluding carboxylic acids is 1. The van der Waals surface area contributed by atoms with Crippen molar-refractivity contribution in [2.45, 2.75) is 38.5 Å². The Morgan fingerprint density at radius 1 is 1.38 bits per heavy atom. The number of aryl methyl sites for hydroxylation is 1. The third-order valence-electron chi connectivity index (χ3n) is 2.40. The molecule has 0 bridgehead atoms. The maximum Gasteiger partial charge on any atom is 0.242 e. The molecule has 1 aromatic carbocycles. The summed E-state index contributed by atoms with van der Waals surface area (Å²) >= 11 is 5.67. The SMILES string of the molecule is CCCCc1ccc(NC(=O)C(C)Cl)cc1. The molecule has 1 aromatic rings. The van der Waals surface area contributed by atoms with Crippen molar-refractivity contribution in [1.29, 1.82) is 0 Å². The molecule has 1 N–H and O–H groups in total. The second-order valence-corrected chi connectivity index (χ2v) is 4.56. The second kappa shape index (κ2) is 6.54. The van der Waals surface area contributed by atoms with Gasteiger partial charge in [-0.15, -0.1) is 11.6 Å². The zero-order valence-electron chi connectivity index (χ0n) is 9.79. The lowest BCUT2D eigenvalue weighted by atomic mass is 10.1. The van der Waals surface area contributed by atoms with Crippen molar-refractivity contribution < 1.29 is 4.79 Å². The molecule has 0 heterocycles. The largest absolute Gasteiger partial charge is 0.325 e. The number of nitrogens with one attached hydrogen (secondary N) is 1. The number of alkyl halides is 1. The van der Waals surface area contributed by atoms with Gasteiger partial charge in [-0.1, -0.05) is 25.5 Å². The normalized spacial score (nSPS) is 12.2. The summed E-state index contributed by atoms with van der Waals surface area (Å²) in [7, 11) is 0. The van der Waals surface area contributed by atoms with Gasteiger partial charge in [-0.25, -0.2) is 0 Å². The van der Waals surface area contributed by atoms with Crippen LogP contribution in [0.25, 0.3) is 0 Å². The molecule has 1 atom stereocenters. The third-order valence-corrected chi connectivity index (χ3v) is 2.60. The van der Waals surface area contributed by atoms with E-state index in [0.717, 1.165) is 12.1 Å². The average Bonchev–Trinajstić information content (AvgIpc) is 2.28. The number of amides is 1. The second-order valence-electron chi connectivity index (χ2n) is 3.91. The summed E-state index contributed by atoms with van der Waals surface area (Å²) in [5.74, 6) is -0.164. The number of rotatable bonds is 5. The molecule has 0 aliphatic rings. The highest BCUT2D eigenvalue weighted by Gasteiger charge is 2.08. The van der Waals surface area contributed by atoms with Crippen LogP contribution in [0.5, 0.6) is 0 Å². The van der Waals surface area contributed by atoms with E-state index in [1.807, 2.05) is 24.3 Å². The summed E-state index contributed by atoms with van der Waals surface area (Å²) in [6, 6.07) is 7.93. The zero-order valence-corrected chi connectivity index (χ0v) is 10.6. The fourth-order valence-electron chi connectivity index (χ4n) is 1.38. The molecule has 16 heavy (non-hydrogen) atoms. The van der Waals surface area contributed by atoms with Crippen molar-refractivity contribution in [1.82, 2.24) is 0 Å².